The minimum Gasteiger partial charge on any atom is -0.478 e. The van der Waals surface area contributed by atoms with E-state index in [0.29, 0.717) is 50.4 Å². The number of nitrogens with zero attached hydrogens (tertiary/aromatic N) is 1. The number of benzene rings is 2. The van der Waals surface area contributed by atoms with E-state index in [4.69, 9.17) is 4.74 Å². The Bertz CT molecular complexity index is 1130. The second-order valence-corrected chi connectivity index (χ2v) is 8.91. The van der Waals surface area contributed by atoms with Gasteiger partial charge >= 0.3 is 11.9 Å². The fraction of sp³-hybridized carbons (Fsp3) is 0.333. The highest BCUT2D eigenvalue weighted by molar-refractivity contribution is 7.92. The predicted molar refractivity (Wildman–Crippen MR) is 112 cm³/mol. The van der Waals surface area contributed by atoms with Gasteiger partial charge in [0.05, 0.1) is 28.7 Å². The van der Waals surface area contributed by atoms with E-state index in [1.54, 1.807) is 6.92 Å². The molecule has 0 radical (unpaired) electrons. The first-order valence-electron chi connectivity index (χ1n) is 9.89. The Hall–Kier alpha value is -3.21. The standard InChI is InChI=1S/C21H22F2N2O6S/c1-2-31-21(28)13-7-9-25(10-8-13)19-6-3-14(11-16(19)20(26)27)24-32(29,30)15-4-5-17(22)18(23)12-15/h3-6,11-13,24H,2,7-10H2,1H3,(H,26,27). The van der Waals surface area contributed by atoms with Crippen molar-refractivity contribution in [3.05, 3.63) is 53.6 Å². The molecule has 2 aromatic rings. The van der Waals surface area contributed by atoms with Crippen LogP contribution in [0.1, 0.15) is 30.1 Å². The molecule has 2 aromatic carbocycles. The maximum atomic E-state index is 13.4. The van der Waals surface area contributed by atoms with Crippen molar-refractivity contribution in [2.45, 2.75) is 24.7 Å². The zero-order valence-electron chi connectivity index (χ0n) is 17.2. The summed E-state index contributed by atoms with van der Waals surface area (Å²) >= 11 is 0. The molecule has 1 saturated heterocycles. The third-order valence-corrected chi connectivity index (χ3v) is 6.52. The maximum absolute atomic E-state index is 13.4. The number of carbonyl (C=O) groups excluding carboxylic acids is 1. The summed E-state index contributed by atoms with van der Waals surface area (Å²) in [4.78, 5) is 25.0. The lowest BCUT2D eigenvalue weighted by atomic mass is 9.96. The topological polar surface area (TPSA) is 113 Å². The normalized spacial score (nSPS) is 14.8. The number of hydrogen-bond donors (Lipinski definition) is 2. The molecule has 0 atom stereocenters. The number of sulfonamides is 1. The molecule has 32 heavy (non-hydrogen) atoms. The van der Waals surface area contributed by atoms with E-state index in [1.165, 1.54) is 12.1 Å². The highest BCUT2D eigenvalue weighted by atomic mass is 32.2. The number of ether oxygens (including phenoxy) is 1. The van der Waals surface area contributed by atoms with Crippen LogP contribution in [0.3, 0.4) is 0 Å². The summed E-state index contributed by atoms with van der Waals surface area (Å²) < 4.78 is 58.7. The van der Waals surface area contributed by atoms with Crippen molar-refractivity contribution >= 4 is 33.3 Å². The average molecular weight is 468 g/mol. The lowest BCUT2D eigenvalue weighted by molar-refractivity contribution is -0.148. The first-order chi connectivity index (χ1) is 15.1. The molecular formula is C21H22F2N2O6S. The predicted octanol–water partition coefficient (Wildman–Crippen LogP) is 3.24. The second-order valence-electron chi connectivity index (χ2n) is 7.23. The van der Waals surface area contributed by atoms with E-state index in [0.717, 1.165) is 12.1 Å². The lowest BCUT2D eigenvalue weighted by Gasteiger charge is -2.33. The number of carboxylic acids is 1. The van der Waals surface area contributed by atoms with Crippen molar-refractivity contribution in [3.8, 4) is 0 Å². The Morgan fingerprint density at radius 2 is 1.81 bits per heavy atom. The van der Waals surface area contributed by atoms with Crippen molar-refractivity contribution in [2.24, 2.45) is 5.92 Å². The van der Waals surface area contributed by atoms with Crippen molar-refractivity contribution in [2.75, 3.05) is 29.3 Å². The fourth-order valence-electron chi connectivity index (χ4n) is 3.52. The summed E-state index contributed by atoms with van der Waals surface area (Å²) in [5.41, 5.74) is 0.206. The number of aromatic carboxylic acids is 1. The van der Waals surface area contributed by atoms with Gasteiger partial charge in [-0.3, -0.25) is 9.52 Å². The van der Waals surface area contributed by atoms with Crippen LogP contribution in [0.4, 0.5) is 20.2 Å². The van der Waals surface area contributed by atoms with Crippen LogP contribution in [-0.4, -0.2) is 45.2 Å². The van der Waals surface area contributed by atoms with E-state index >= 15 is 0 Å². The SMILES string of the molecule is CCOC(=O)C1CCN(c2ccc(NS(=O)(=O)c3ccc(F)c(F)c3)cc2C(=O)O)CC1. The third kappa shape index (κ3) is 5.16. The average Bonchev–Trinajstić information content (AvgIpc) is 2.75. The van der Waals surface area contributed by atoms with E-state index in [1.807, 2.05) is 4.90 Å². The van der Waals surface area contributed by atoms with Gasteiger partial charge in [0.2, 0.25) is 0 Å². The molecule has 11 heteroatoms. The molecule has 1 aliphatic heterocycles. The summed E-state index contributed by atoms with van der Waals surface area (Å²) in [6, 6.07) is 6.15. The Morgan fingerprint density at radius 1 is 1.12 bits per heavy atom. The van der Waals surface area contributed by atoms with Crippen LogP contribution in [0.5, 0.6) is 0 Å². The Balaban J connectivity index is 1.80. The number of rotatable bonds is 7. The third-order valence-electron chi connectivity index (χ3n) is 5.14. The van der Waals surface area contributed by atoms with Gasteiger partial charge in [0, 0.05) is 18.8 Å². The molecule has 1 fully saturated rings. The van der Waals surface area contributed by atoms with Gasteiger partial charge in [0.1, 0.15) is 0 Å². The van der Waals surface area contributed by atoms with Crippen molar-refractivity contribution in [1.82, 2.24) is 0 Å². The van der Waals surface area contributed by atoms with Crippen molar-refractivity contribution in [3.63, 3.8) is 0 Å². The molecule has 8 nitrogen and oxygen atoms in total. The number of anilines is 2. The van der Waals surface area contributed by atoms with Crippen LogP contribution in [0.2, 0.25) is 0 Å². The summed E-state index contributed by atoms with van der Waals surface area (Å²) in [6.07, 6.45) is 1.00. The molecule has 3 rings (SSSR count). The zero-order valence-corrected chi connectivity index (χ0v) is 18.0. The minimum atomic E-state index is -4.27. The Kier molecular flexibility index (Phi) is 6.97. The molecule has 172 valence electrons. The van der Waals surface area contributed by atoms with Crippen molar-refractivity contribution < 1.29 is 36.6 Å². The monoisotopic (exact) mass is 468 g/mol. The van der Waals surface area contributed by atoms with Crippen LogP contribution < -0.4 is 9.62 Å². The molecule has 1 aliphatic rings. The number of esters is 1. The fourth-order valence-corrected chi connectivity index (χ4v) is 4.58. The Morgan fingerprint density at radius 3 is 2.41 bits per heavy atom. The number of halogens is 2. The molecule has 0 bridgehead atoms. The number of carbonyl (C=O) groups is 2. The van der Waals surface area contributed by atoms with Gasteiger partial charge in [-0.05, 0) is 56.2 Å². The zero-order chi connectivity index (χ0) is 23.5. The molecular weight excluding hydrogens is 446 g/mol. The first kappa shape index (κ1) is 23.5. The van der Waals surface area contributed by atoms with Gasteiger partial charge in [-0.15, -0.1) is 0 Å². The molecule has 0 unspecified atom stereocenters. The molecule has 0 aliphatic carbocycles. The maximum Gasteiger partial charge on any atom is 0.337 e. The van der Waals surface area contributed by atoms with Gasteiger partial charge in [0.15, 0.2) is 11.6 Å². The largest absolute Gasteiger partial charge is 0.478 e. The van der Waals surface area contributed by atoms with Gasteiger partial charge in [-0.25, -0.2) is 22.0 Å². The molecule has 2 N–H and O–H groups in total. The van der Waals surface area contributed by atoms with Crippen LogP contribution in [0.15, 0.2) is 41.3 Å². The van der Waals surface area contributed by atoms with Crippen molar-refractivity contribution in [1.29, 1.82) is 0 Å². The van der Waals surface area contributed by atoms with E-state index < -0.39 is 32.5 Å². The molecule has 1 heterocycles. The highest BCUT2D eigenvalue weighted by Crippen LogP contribution is 2.30. The van der Waals surface area contributed by atoms with Gasteiger partial charge in [-0.1, -0.05) is 0 Å². The summed E-state index contributed by atoms with van der Waals surface area (Å²) in [7, 11) is -4.27. The number of carboxylic acid groups (broad SMARTS) is 1. The van der Waals surface area contributed by atoms with Gasteiger partial charge in [0.25, 0.3) is 10.0 Å². The Labute approximate surface area is 183 Å². The molecule has 0 saturated carbocycles. The van der Waals surface area contributed by atoms with E-state index in [-0.39, 0.29) is 23.1 Å². The lowest BCUT2D eigenvalue weighted by Crippen LogP contribution is -2.37. The number of hydrogen-bond acceptors (Lipinski definition) is 6. The smallest absolute Gasteiger partial charge is 0.337 e. The summed E-state index contributed by atoms with van der Waals surface area (Å²) in [5.74, 6) is -4.29. The number of nitrogens with one attached hydrogen (secondary N) is 1. The molecule has 0 aromatic heterocycles. The van der Waals surface area contributed by atoms with Gasteiger partial charge < -0.3 is 14.7 Å². The highest BCUT2D eigenvalue weighted by Gasteiger charge is 2.28. The minimum absolute atomic E-state index is 0.0442. The van der Waals surface area contributed by atoms with Crippen LogP contribution in [0, 0.1) is 17.6 Å². The number of piperidine rings is 1. The summed E-state index contributed by atoms with van der Waals surface area (Å²) in [6.45, 7) is 2.89. The first-order valence-corrected chi connectivity index (χ1v) is 11.4. The van der Waals surface area contributed by atoms with Crippen LogP contribution in [-0.2, 0) is 19.6 Å². The van der Waals surface area contributed by atoms with E-state index in [2.05, 4.69) is 4.72 Å². The molecule has 0 spiro atoms. The van der Waals surface area contributed by atoms with Crippen LogP contribution in [0.25, 0.3) is 0 Å². The second kappa shape index (κ2) is 9.51. The van der Waals surface area contributed by atoms with Crippen LogP contribution >= 0.6 is 0 Å². The van der Waals surface area contributed by atoms with E-state index in [9.17, 15) is 31.9 Å². The quantitative estimate of drug-likeness (QED) is 0.600. The molecule has 0 amide bonds. The van der Waals surface area contributed by atoms with Gasteiger partial charge in [-0.2, -0.15) is 0 Å². The summed E-state index contributed by atoms with van der Waals surface area (Å²) in [5, 5.41) is 9.64.